The third-order valence-corrected chi connectivity index (χ3v) is 5.18. The largest absolute Gasteiger partial charge is 0.497 e. The van der Waals surface area contributed by atoms with Crippen molar-refractivity contribution in [3.8, 4) is 28.1 Å². The Morgan fingerprint density at radius 1 is 0.966 bits per heavy atom. The van der Waals surface area contributed by atoms with Gasteiger partial charge in [0, 0.05) is 25.2 Å². The van der Waals surface area contributed by atoms with Crippen molar-refractivity contribution in [1.82, 2.24) is 14.7 Å². The van der Waals surface area contributed by atoms with Crippen molar-refractivity contribution < 1.29 is 9.47 Å². The topological polar surface area (TPSA) is 56.6 Å². The zero-order chi connectivity index (χ0) is 20.1. The van der Waals surface area contributed by atoms with Crippen LogP contribution in [0.5, 0.6) is 5.75 Å². The van der Waals surface area contributed by atoms with Crippen molar-refractivity contribution in [3.63, 3.8) is 0 Å². The summed E-state index contributed by atoms with van der Waals surface area (Å²) in [5.41, 5.74) is 3.20. The number of nitrogens with zero attached hydrogens (tertiary/aromatic N) is 3. The van der Waals surface area contributed by atoms with Gasteiger partial charge in [-0.25, -0.2) is 4.68 Å². The minimum absolute atomic E-state index is 0.0805. The Labute approximate surface area is 170 Å². The van der Waals surface area contributed by atoms with Crippen LogP contribution in [0.1, 0.15) is 0 Å². The summed E-state index contributed by atoms with van der Waals surface area (Å²) in [6.45, 7) is 4.57. The molecule has 0 radical (unpaired) electrons. The zero-order valence-electron chi connectivity index (χ0n) is 16.6. The Bertz CT molecular complexity index is 994. The average molecular weight is 391 g/mol. The van der Waals surface area contributed by atoms with Crippen molar-refractivity contribution >= 4 is 0 Å². The Morgan fingerprint density at radius 2 is 1.69 bits per heavy atom. The first kappa shape index (κ1) is 19.4. The molecule has 0 N–H and O–H groups in total. The van der Waals surface area contributed by atoms with Crippen LogP contribution in [0.4, 0.5) is 0 Å². The van der Waals surface area contributed by atoms with Crippen LogP contribution in [0.2, 0.25) is 0 Å². The second kappa shape index (κ2) is 9.03. The number of methoxy groups -OCH3 is 1. The normalized spacial score (nSPS) is 14.7. The fraction of sp³-hybridized carbons (Fsp3) is 0.304. The molecule has 1 aliphatic rings. The molecule has 1 fully saturated rings. The van der Waals surface area contributed by atoms with Crippen LogP contribution >= 0.6 is 0 Å². The first-order valence-electron chi connectivity index (χ1n) is 9.87. The van der Waals surface area contributed by atoms with E-state index in [2.05, 4.69) is 10.00 Å². The SMILES string of the molecule is COc1ccc(-c2cc(-c3ccccc3)nn(CCN3CCOCC3)c2=O)cc1. The predicted octanol–water partition coefficient (Wildman–Crippen LogP) is 2.92. The standard InChI is InChI=1S/C23H25N3O3/c1-28-20-9-7-18(8-10-20)21-17-22(19-5-3-2-4-6-19)24-26(23(21)27)12-11-25-13-15-29-16-14-25/h2-10,17H,11-16H2,1H3. The molecule has 0 saturated carbocycles. The molecule has 1 aliphatic heterocycles. The maximum absolute atomic E-state index is 13.2. The van der Waals surface area contributed by atoms with E-state index in [0.717, 1.165) is 55.4 Å². The van der Waals surface area contributed by atoms with Crippen molar-refractivity contribution in [1.29, 1.82) is 0 Å². The van der Waals surface area contributed by atoms with Crippen LogP contribution in [0.15, 0.2) is 65.5 Å². The van der Waals surface area contributed by atoms with E-state index < -0.39 is 0 Å². The van der Waals surface area contributed by atoms with Gasteiger partial charge in [-0.2, -0.15) is 5.10 Å². The van der Waals surface area contributed by atoms with E-state index in [1.165, 1.54) is 0 Å². The Balaban J connectivity index is 1.71. The Hall–Kier alpha value is -2.96. The average Bonchev–Trinajstić information content (AvgIpc) is 2.80. The second-order valence-corrected chi connectivity index (χ2v) is 7.02. The number of rotatable bonds is 6. The van der Waals surface area contributed by atoms with Gasteiger partial charge in [-0.15, -0.1) is 0 Å². The maximum Gasteiger partial charge on any atom is 0.274 e. The molecular formula is C23H25N3O3. The number of morpholine rings is 1. The summed E-state index contributed by atoms with van der Waals surface area (Å²) < 4.78 is 12.3. The monoisotopic (exact) mass is 391 g/mol. The van der Waals surface area contributed by atoms with Crippen LogP contribution in [-0.2, 0) is 11.3 Å². The van der Waals surface area contributed by atoms with E-state index >= 15 is 0 Å². The number of aromatic nitrogens is 2. The predicted molar refractivity (Wildman–Crippen MR) is 113 cm³/mol. The highest BCUT2D eigenvalue weighted by Crippen LogP contribution is 2.23. The molecule has 0 unspecified atom stereocenters. The van der Waals surface area contributed by atoms with E-state index in [0.29, 0.717) is 12.1 Å². The van der Waals surface area contributed by atoms with Crippen LogP contribution in [-0.4, -0.2) is 54.6 Å². The highest BCUT2D eigenvalue weighted by Gasteiger charge is 2.15. The van der Waals surface area contributed by atoms with E-state index in [-0.39, 0.29) is 5.56 Å². The molecule has 0 aliphatic carbocycles. The van der Waals surface area contributed by atoms with Crippen LogP contribution in [0, 0.1) is 0 Å². The minimum atomic E-state index is -0.0805. The molecule has 0 amide bonds. The summed E-state index contributed by atoms with van der Waals surface area (Å²) in [4.78, 5) is 15.5. The molecule has 29 heavy (non-hydrogen) atoms. The summed E-state index contributed by atoms with van der Waals surface area (Å²) in [6.07, 6.45) is 0. The number of benzene rings is 2. The smallest absolute Gasteiger partial charge is 0.274 e. The van der Waals surface area contributed by atoms with E-state index in [1.807, 2.05) is 60.7 Å². The van der Waals surface area contributed by atoms with Gasteiger partial charge in [0.05, 0.1) is 38.1 Å². The molecule has 6 heteroatoms. The lowest BCUT2D eigenvalue weighted by Crippen LogP contribution is -2.39. The lowest BCUT2D eigenvalue weighted by atomic mass is 10.0. The molecule has 0 atom stereocenters. The lowest BCUT2D eigenvalue weighted by Gasteiger charge is -2.26. The van der Waals surface area contributed by atoms with Gasteiger partial charge >= 0.3 is 0 Å². The van der Waals surface area contributed by atoms with Gasteiger partial charge < -0.3 is 9.47 Å². The Morgan fingerprint density at radius 3 is 2.38 bits per heavy atom. The summed E-state index contributed by atoms with van der Waals surface area (Å²) >= 11 is 0. The van der Waals surface area contributed by atoms with Crippen LogP contribution in [0.3, 0.4) is 0 Å². The molecule has 4 rings (SSSR count). The molecule has 1 saturated heterocycles. The lowest BCUT2D eigenvalue weighted by molar-refractivity contribution is 0.0358. The maximum atomic E-state index is 13.2. The van der Waals surface area contributed by atoms with Crippen molar-refractivity contribution in [2.24, 2.45) is 0 Å². The highest BCUT2D eigenvalue weighted by molar-refractivity contribution is 5.69. The van der Waals surface area contributed by atoms with E-state index in [9.17, 15) is 4.79 Å². The summed E-state index contributed by atoms with van der Waals surface area (Å²) in [6, 6.07) is 19.4. The summed E-state index contributed by atoms with van der Waals surface area (Å²) in [7, 11) is 1.63. The fourth-order valence-corrected chi connectivity index (χ4v) is 3.48. The van der Waals surface area contributed by atoms with Gasteiger partial charge in [0.15, 0.2) is 0 Å². The van der Waals surface area contributed by atoms with Crippen molar-refractivity contribution in [2.45, 2.75) is 6.54 Å². The van der Waals surface area contributed by atoms with Crippen molar-refractivity contribution in [3.05, 3.63) is 71.0 Å². The summed E-state index contributed by atoms with van der Waals surface area (Å²) in [5, 5.41) is 4.67. The fourth-order valence-electron chi connectivity index (χ4n) is 3.48. The minimum Gasteiger partial charge on any atom is -0.497 e. The van der Waals surface area contributed by atoms with Crippen molar-refractivity contribution in [2.75, 3.05) is 40.0 Å². The first-order chi connectivity index (χ1) is 14.2. The quantitative estimate of drug-likeness (QED) is 0.647. The number of hydrogen-bond donors (Lipinski definition) is 0. The van der Waals surface area contributed by atoms with Crippen LogP contribution in [0.25, 0.3) is 22.4 Å². The number of hydrogen-bond acceptors (Lipinski definition) is 5. The van der Waals surface area contributed by atoms with Gasteiger partial charge in [0.25, 0.3) is 5.56 Å². The van der Waals surface area contributed by atoms with Gasteiger partial charge in [-0.3, -0.25) is 9.69 Å². The molecule has 0 spiro atoms. The zero-order valence-corrected chi connectivity index (χ0v) is 16.6. The summed E-state index contributed by atoms with van der Waals surface area (Å²) in [5.74, 6) is 0.763. The molecule has 0 bridgehead atoms. The molecule has 1 aromatic heterocycles. The van der Waals surface area contributed by atoms with Gasteiger partial charge in [0.1, 0.15) is 5.75 Å². The molecule has 6 nitrogen and oxygen atoms in total. The van der Waals surface area contributed by atoms with E-state index in [1.54, 1.807) is 11.8 Å². The molecular weight excluding hydrogens is 366 g/mol. The van der Waals surface area contributed by atoms with Gasteiger partial charge in [-0.05, 0) is 23.8 Å². The molecule has 2 heterocycles. The number of ether oxygens (including phenoxy) is 2. The van der Waals surface area contributed by atoms with Gasteiger partial charge in [-0.1, -0.05) is 42.5 Å². The third kappa shape index (κ3) is 4.55. The first-order valence-corrected chi connectivity index (χ1v) is 9.87. The molecule has 150 valence electrons. The van der Waals surface area contributed by atoms with E-state index in [4.69, 9.17) is 9.47 Å². The van der Waals surface area contributed by atoms with Crippen LogP contribution < -0.4 is 10.3 Å². The molecule has 2 aromatic carbocycles. The third-order valence-electron chi connectivity index (χ3n) is 5.18. The van der Waals surface area contributed by atoms with Gasteiger partial charge in [0.2, 0.25) is 0 Å². The second-order valence-electron chi connectivity index (χ2n) is 7.02. The molecule has 3 aromatic rings. The Kier molecular flexibility index (Phi) is 6.03. The highest BCUT2D eigenvalue weighted by atomic mass is 16.5.